The Hall–Kier alpha value is -1.73. The van der Waals surface area contributed by atoms with Gasteiger partial charge in [-0.15, -0.1) is 10.2 Å². The van der Waals surface area contributed by atoms with Crippen molar-refractivity contribution in [3.8, 4) is 11.4 Å². The molecule has 1 amide bonds. The molecule has 23 heavy (non-hydrogen) atoms. The topological polar surface area (TPSA) is 85.8 Å². The summed E-state index contributed by atoms with van der Waals surface area (Å²) in [5.74, 6) is 6.69. The number of hydrogen-bond acceptors (Lipinski definition) is 5. The molecular formula is C15H20ClN5OS. The van der Waals surface area contributed by atoms with Crippen LogP contribution in [-0.2, 0) is 4.79 Å². The van der Waals surface area contributed by atoms with Gasteiger partial charge in [0.1, 0.15) is 0 Å². The van der Waals surface area contributed by atoms with Gasteiger partial charge in [0.2, 0.25) is 11.1 Å². The molecule has 1 atom stereocenters. The van der Waals surface area contributed by atoms with Crippen LogP contribution < -0.4 is 11.2 Å². The van der Waals surface area contributed by atoms with Crippen molar-refractivity contribution in [3.05, 3.63) is 29.3 Å². The number of benzene rings is 1. The highest BCUT2D eigenvalue weighted by atomic mass is 35.5. The summed E-state index contributed by atoms with van der Waals surface area (Å²) in [4.78, 5) is 11.9. The largest absolute Gasteiger partial charge is 0.353 e. The van der Waals surface area contributed by atoms with Crippen molar-refractivity contribution < 1.29 is 4.79 Å². The number of nitrogens with two attached hydrogens (primary N) is 1. The summed E-state index contributed by atoms with van der Waals surface area (Å²) in [6.07, 6.45) is 1.99. The van der Waals surface area contributed by atoms with Gasteiger partial charge in [-0.25, -0.2) is 4.68 Å². The van der Waals surface area contributed by atoms with Gasteiger partial charge in [0.25, 0.3) is 0 Å². The number of nitrogens with one attached hydrogen (secondary N) is 1. The number of carbonyl (C=O) groups is 1. The third-order valence-electron chi connectivity index (χ3n) is 3.24. The van der Waals surface area contributed by atoms with Crippen LogP contribution in [0.5, 0.6) is 0 Å². The van der Waals surface area contributed by atoms with E-state index < -0.39 is 0 Å². The zero-order valence-corrected chi connectivity index (χ0v) is 14.7. The van der Waals surface area contributed by atoms with Crippen molar-refractivity contribution in [2.75, 3.05) is 11.6 Å². The average Bonchev–Trinajstić information content (AvgIpc) is 2.87. The molecule has 0 aliphatic heterocycles. The van der Waals surface area contributed by atoms with E-state index in [2.05, 4.69) is 22.4 Å². The maximum atomic E-state index is 11.9. The highest BCUT2D eigenvalue weighted by molar-refractivity contribution is 7.99. The van der Waals surface area contributed by atoms with Crippen molar-refractivity contribution in [1.29, 1.82) is 0 Å². The third kappa shape index (κ3) is 4.62. The number of aromatic nitrogens is 3. The Morgan fingerprint density at radius 1 is 1.43 bits per heavy atom. The lowest BCUT2D eigenvalue weighted by molar-refractivity contribution is -0.119. The fourth-order valence-corrected chi connectivity index (χ4v) is 3.04. The highest BCUT2D eigenvalue weighted by Gasteiger charge is 2.16. The fourth-order valence-electron chi connectivity index (χ4n) is 2.15. The molecule has 0 saturated carbocycles. The Bertz CT molecular complexity index is 676. The predicted octanol–water partition coefficient (Wildman–Crippen LogP) is 2.71. The van der Waals surface area contributed by atoms with Crippen LogP contribution in [0.4, 0.5) is 0 Å². The first-order valence-corrected chi connectivity index (χ1v) is 8.76. The van der Waals surface area contributed by atoms with Gasteiger partial charge in [-0.1, -0.05) is 48.8 Å². The second-order valence-electron chi connectivity index (χ2n) is 5.20. The number of thioether (sulfide) groups is 1. The van der Waals surface area contributed by atoms with Gasteiger partial charge >= 0.3 is 0 Å². The first kappa shape index (κ1) is 17.6. The molecular weight excluding hydrogens is 334 g/mol. The molecule has 0 aliphatic carbocycles. The summed E-state index contributed by atoms with van der Waals surface area (Å²) in [6, 6.07) is 7.44. The molecule has 8 heteroatoms. The number of amides is 1. The molecule has 124 valence electrons. The molecule has 1 heterocycles. The van der Waals surface area contributed by atoms with Crippen molar-refractivity contribution >= 4 is 29.3 Å². The Morgan fingerprint density at radius 3 is 2.87 bits per heavy atom. The lowest BCUT2D eigenvalue weighted by atomic mass is 10.2. The van der Waals surface area contributed by atoms with Crippen LogP contribution in [0.1, 0.15) is 26.7 Å². The first-order chi connectivity index (χ1) is 11.0. The van der Waals surface area contributed by atoms with E-state index in [1.54, 1.807) is 6.07 Å². The van der Waals surface area contributed by atoms with Gasteiger partial charge in [0.05, 0.1) is 10.8 Å². The minimum absolute atomic E-state index is 0.0433. The molecule has 2 rings (SSSR count). The van der Waals surface area contributed by atoms with Crippen LogP contribution in [0.2, 0.25) is 5.02 Å². The van der Waals surface area contributed by atoms with E-state index in [9.17, 15) is 4.79 Å². The number of rotatable bonds is 7. The lowest BCUT2D eigenvalue weighted by Gasteiger charge is -2.12. The molecule has 6 nitrogen and oxygen atoms in total. The Kier molecular flexibility index (Phi) is 6.29. The second-order valence-corrected chi connectivity index (χ2v) is 6.55. The molecule has 1 unspecified atom stereocenters. The van der Waals surface area contributed by atoms with Gasteiger partial charge in [0, 0.05) is 11.6 Å². The zero-order valence-electron chi connectivity index (χ0n) is 13.1. The third-order valence-corrected chi connectivity index (χ3v) is 4.51. The minimum Gasteiger partial charge on any atom is -0.353 e. The van der Waals surface area contributed by atoms with Crippen LogP contribution >= 0.6 is 23.4 Å². The normalized spacial score (nSPS) is 12.1. The standard InChI is InChI=1S/C15H20ClN5OS/c1-3-6-10(2)18-13(22)9-23-15-20-19-14(21(15)17)11-7-4-5-8-12(11)16/h4-5,7-8,10H,3,6,9,17H2,1-2H3,(H,18,22). The summed E-state index contributed by atoms with van der Waals surface area (Å²) in [5, 5.41) is 12.1. The van der Waals surface area contributed by atoms with Crippen LogP contribution in [0.25, 0.3) is 11.4 Å². The number of halogens is 1. The summed E-state index contributed by atoms with van der Waals surface area (Å²) in [7, 11) is 0. The molecule has 0 aliphatic rings. The van der Waals surface area contributed by atoms with Crippen LogP contribution in [0.15, 0.2) is 29.4 Å². The van der Waals surface area contributed by atoms with E-state index in [0.29, 0.717) is 21.6 Å². The van der Waals surface area contributed by atoms with E-state index >= 15 is 0 Å². The van der Waals surface area contributed by atoms with E-state index in [1.165, 1.54) is 16.4 Å². The number of carbonyl (C=O) groups excluding carboxylic acids is 1. The molecule has 0 bridgehead atoms. The summed E-state index contributed by atoms with van der Waals surface area (Å²) in [5.41, 5.74) is 0.706. The monoisotopic (exact) mass is 353 g/mol. The highest BCUT2D eigenvalue weighted by Crippen LogP contribution is 2.27. The average molecular weight is 354 g/mol. The van der Waals surface area contributed by atoms with Gasteiger partial charge < -0.3 is 11.2 Å². The van der Waals surface area contributed by atoms with E-state index in [0.717, 1.165) is 12.8 Å². The van der Waals surface area contributed by atoms with Gasteiger partial charge in [-0.3, -0.25) is 4.79 Å². The molecule has 1 aromatic carbocycles. The smallest absolute Gasteiger partial charge is 0.230 e. The van der Waals surface area contributed by atoms with Gasteiger partial charge in [-0.05, 0) is 25.5 Å². The van der Waals surface area contributed by atoms with Gasteiger partial charge in [0.15, 0.2) is 5.82 Å². The SMILES string of the molecule is CCCC(C)NC(=O)CSc1nnc(-c2ccccc2Cl)n1N. The zero-order chi connectivity index (χ0) is 16.8. The van der Waals surface area contributed by atoms with Crippen molar-refractivity contribution in [1.82, 2.24) is 20.2 Å². The quantitative estimate of drug-likeness (QED) is 0.590. The predicted molar refractivity (Wildman–Crippen MR) is 93.9 cm³/mol. The molecule has 0 radical (unpaired) electrons. The van der Waals surface area contributed by atoms with Crippen LogP contribution in [0.3, 0.4) is 0 Å². The summed E-state index contributed by atoms with van der Waals surface area (Å²) < 4.78 is 1.36. The maximum absolute atomic E-state index is 11.9. The molecule has 2 aromatic rings. The van der Waals surface area contributed by atoms with E-state index in [-0.39, 0.29) is 17.7 Å². The molecule has 0 saturated heterocycles. The molecule has 3 N–H and O–H groups in total. The number of hydrogen-bond donors (Lipinski definition) is 2. The van der Waals surface area contributed by atoms with Crippen LogP contribution in [-0.4, -0.2) is 32.6 Å². The Labute approximate surface area is 144 Å². The Morgan fingerprint density at radius 2 is 2.17 bits per heavy atom. The Balaban J connectivity index is 2.00. The number of nitrogen functional groups attached to an aromatic ring is 1. The van der Waals surface area contributed by atoms with Crippen molar-refractivity contribution in [2.24, 2.45) is 0 Å². The van der Waals surface area contributed by atoms with E-state index in [1.807, 2.05) is 25.1 Å². The molecule has 0 spiro atoms. The van der Waals surface area contributed by atoms with Crippen molar-refractivity contribution in [3.63, 3.8) is 0 Å². The van der Waals surface area contributed by atoms with Crippen LogP contribution in [0, 0.1) is 0 Å². The second kappa shape index (κ2) is 8.21. The van der Waals surface area contributed by atoms with Gasteiger partial charge in [-0.2, -0.15) is 0 Å². The molecule has 0 fully saturated rings. The van der Waals surface area contributed by atoms with Crippen molar-refractivity contribution in [2.45, 2.75) is 37.9 Å². The summed E-state index contributed by atoms with van der Waals surface area (Å²) >= 11 is 7.39. The molecule has 1 aromatic heterocycles. The van der Waals surface area contributed by atoms with E-state index in [4.69, 9.17) is 17.4 Å². The minimum atomic E-state index is -0.0433. The number of nitrogens with zero attached hydrogens (tertiary/aromatic N) is 3. The lowest BCUT2D eigenvalue weighted by Crippen LogP contribution is -2.33. The maximum Gasteiger partial charge on any atom is 0.230 e. The first-order valence-electron chi connectivity index (χ1n) is 7.40. The fraction of sp³-hybridized carbons (Fsp3) is 0.400. The summed E-state index contributed by atoms with van der Waals surface area (Å²) in [6.45, 7) is 4.08.